The maximum Gasteiger partial charge on any atom is 0.335 e. The molecular formula is C22H31NO6. The van der Waals surface area contributed by atoms with Gasteiger partial charge >= 0.3 is 5.97 Å². The lowest BCUT2D eigenvalue weighted by Gasteiger charge is -2.17. The van der Waals surface area contributed by atoms with Crippen LogP contribution in [0.4, 0.5) is 0 Å². The first-order chi connectivity index (χ1) is 13.7. The number of nitrogens with zero attached hydrogens (tertiary/aromatic N) is 1. The Morgan fingerprint density at radius 1 is 1.24 bits per heavy atom. The van der Waals surface area contributed by atoms with Gasteiger partial charge in [0.15, 0.2) is 12.0 Å². The normalized spacial score (nSPS) is 12.5. The minimum Gasteiger partial charge on any atom is -0.496 e. The summed E-state index contributed by atoms with van der Waals surface area (Å²) in [7, 11) is 2.92. The van der Waals surface area contributed by atoms with E-state index in [1.165, 1.54) is 7.11 Å². The van der Waals surface area contributed by atoms with Crippen molar-refractivity contribution >= 4 is 5.97 Å². The lowest BCUT2D eigenvalue weighted by atomic mass is 9.97. The second-order valence-corrected chi connectivity index (χ2v) is 7.71. The average molecular weight is 405 g/mol. The molecule has 0 amide bonds. The quantitative estimate of drug-likeness (QED) is 0.584. The highest BCUT2D eigenvalue weighted by Crippen LogP contribution is 2.28. The molecule has 0 aliphatic heterocycles. The van der Waals surface area contributed by atoms with Gasteiger partial charge in [0.2, 0.25) is 0 Å². The van der Waals surface area contributed by atoms with E-state index in [2.05, 4.69) is 25.8 Å². The molecule has 2 rings (SSSR count). The molecule has 1 aromatic heterocycles. The Hall–Kier alpha value is -2.54. The van der Waals surface area contributed by atoms with E-state index in [9.17, 15) is 4.79 Å². The highest BCUT2D eigenvalue weighted by atomic mass is 16.6. The number of aromatic nitrogens is 1. The van der Waals surface area contributed by atoms with E-state index in [-0.39, 0.29) is 12.0 Å². The average Bonchev–Trinajstić information content (AvgIpc) is 3.07. The summed E-state index contributed by atoms with van der Waals surface area (Å²) in [6, 6.07) is 5.48. The first kappa shape index (κ1) is 22.7. The lowest BCUT2D eigenvalue weighted by molar-refractivity contribution is -0.153. The third-order valence-corrected chi connectivity index (χ3v) is 4.41. The van der Waals surface area contributed by atoms with Gasteiger partial charge in [-0.1, -0.05) is 26.8 Å². The molecular weight excluding hydrogens is 374 g/mol. The Kier molecular flexibility index (Phi) is 7.67. The summed E-state index contributed by atoms with van der Waals surface area (Å²) in [5, 5.41) is 0. The van der Waals surface area contributed by atoms with E-state index in [0.29, 0.717) is 30.4 Å². The SMILES string of the molecule is CCO[C@@H](Cc1ccc(OCc2nc(C(C)(C)C)oc2C)cc1OC)C(=O)OC. The summed E-state index contributed by atoms with van der Waals surface area (Å²) in [5.74, 6) is 2.27. The van der Waals surface area contributed by atoms with Crippen molar-refractivity contribution in [3.05, 3.63) is 41.1 Å². The maximum absolute atomic E-state index is 11.9. The molecule has 7 heteroatoms. The molecule has 160 valence electrons. The summed E-state index contributed by atoms with van der Waals surface area (Å²) in [5.41, 5.74) is 1.43. The van der Waals surface area contributed by atoms with E-state index >= 15 is 0 Å². The molecule has 0 saturated heterocycles. The van der Waals surface area contributed by atoms with Crippen LogP contribution in [-0.4, -0.2) is 37.9 Å². The summed E-state index contributed by atoms with van der Waals surface area (Å²) in [6.45, 7) is 10.6. The fourth-order valence-electron chi connectivity index (χ4n) is 2.76. The van der Waals surface area contributed by atoms with Crippen LogP contribution in [-0.2, 0) is 32.7 Å². The Labute approximate surface area is 172 Å². The number of hydrogen-bond acceptors (Lipinski definition) is 7. The lowest BCUT2D eigenvalue weighted by Crippen LogP contribution is -2.28. The van der Waals surface area contributed by atoms with Crippen molar-refractivity contribution in [2.24, 2.45) is 0 Å². The number of ether oxygens (including phenoxy) is 4. The molecule has 29 heavy (non-hydrogen) atoms. The first-order valence-corrected chi connectivity index (χ1v) is 9.65. The number of carbonyl (C=O) groups is 1. The predicted molar refractivity (Wildman–Crippen MR) is 108 cm³/mol. The molecule has 0 spiro atoms. The number of aryl methyl sites for hydroxylation is 1. The minimum atomic E-state index is -0.681. The first-order valence-electron chi connectivity index (χ1n) is 9.65. The fourth-order valence-corrected chi connectivity index (χ4v) is 2.76. The maximum atomic E-state index is 11.9. The number of oxazole rings is 1. The van der Waals surface area contributed by atoms with Gasteiger partial charge in [-0.2, -0.15) is 0 Å². The zero-order valence-corrected chi connectivity index (χ0v) is 18.3. The van der Waals surface area contributed by atoms with Crippen molar-refractivity contribution in [1.29, 1.82) is 0 Å². The van der Waals surface area contributed by atoms with Crippen molar-refractivity contribution in [1.82, 2.24) is 4.98 Å². The number of esters is 1. The number of rotatable bonds is 9. The predicted octanol–water partition coefficient (Wildman–Crippen LogP) is 3.99. The molecule has 1 atom stereocenters. The zero-order chi connectivity index (χ0) is 21.6. The van der Waals surface area contributed by atoms with Gasteiger partial charge in [0.05, 0.1) is 14.2 Å². The second kappa shape index (κ2) is 9.78. The summed E-state index contributed by atoms with van der Waals surface area (Å²) >= 11 is 0. The van der Waals surface area contributed by atoms with Gasteiger partial charge in [0.25, 0.3) is 0 Å². The number of hydrogen-bond donors (Lipinski definition) is 0. The molecule has 0 unspecified atom stereocenters. The van der Waals surface area contributed by atoms with Crippen LogP contribution in [0.1, 0.15) is 50.6 Å². The van der Waals surface area contributed by atoms with Crippen LogP contribution < -0.4 is 9.47 Å². The van der Waals surface area contributed by atoms with Gasteiger partial charge in [-0.15, -0.1) is 0 Å². The van der Waals surface area contributed by atoms with Crippen LogP contribution in [0.2, 0.25) is 0 Å². The van der Waals surface area contributed by atoms with E-state index < -0.39 is 12.1 Å². The molecule has 0 aliphatic rings. The Morgan fingerprint density at radius 2 is 1.97 bits per heavy atom. The van der Waals surface area contributed by atoms with E-state index in [4.69, 9.17) is 23.4 Å². The summed E-state index contributed by atoms with van der Waals surface area (Å²) in [4.78, 5) is 16.5. The van der Waals surface area contributed by atoms with Crippen LogP contribution in [0.25, 0.3) is 0 Å². The van der Waals surface area contributed by atoms with Gasteiger partial charge in [-0.3, -0.25) is 0 Å². The van der Waals surface area contributed by atoms with Gasteiger partial charge < -0.3 is 23.4 Å². The molecule has 2 aromatic rings. The topological polar surface area (TPSA) is 80.0 Å². The number of methoxy groups -OCH3 is 2. The summed E-state index contributed by atoms with van der Waals surface area (Å²) in [6.07, 6.45) is -0.333. The van der Waals surface area contributed by atoms with Crippen LogP contribution >= 0.6 is 0 Å². The smallest absolute Gasteiger partial charge is 0.335 e. The summed E-state index contributed by atoms with van der Waals surface area (Å²) < 4.78 is 27.4. The van der Waals surface area contributed by atoms with Crippen molar-refractivity contribution in [3.8, 4) is 11.5 Å². The van der Waals surface area contributed by atoms with Crippen LogP contribution in [0.15, 0.2) is 22.6 Å². The standard InChI is InChI=1S/C22H31NO6/c1-8-27-19(20(24)26-7)11-15-9-10-16(12-18(15)25-6)28-13-17-14(2)29-21(23-17)22(3,4)5/h9-10,12,19H,8,11,13H2,1-7H3/t19-/m0/s1. The molecule has 0 bridgehead atoms. The molecule has 0 aliphatic carbocycles. The van der Waals surface area contributed by atoms with Crippen molar-refractivity contribution in [2.45, 2.75) is 59.2 Å². The second-order valence-electron chi connectivity index (χ2n) is 7.71. The minimum absolute atomic E-state index is 0.162. The largest absolute Gasteiger partial charge is 0.496 e. The van der Waals surface area contributed by atoms with Crippen LogP contribution in [0.3, 0.4) is 0 Å². The highest BCUT2D eigenvalue weighted by Gasteiger charge is 2.23. The third kappa shape index (κ3) is 5.97. The van der Waals surface area contributed by atoms with E-state index in [0.717, 1.165) is 17.0 Å². The third-order valence-electron chi connectivity index (χ3n) is 4.41. The van der Waals surface area contributed by atoms with Gasteiger partial charge in [0, 0.05) is 24.5 Å². The molecule has 0 N–H and O–H groups in total. The molecule has 1 aromatic carbocycles. The highest BCUT2D eigenvalue weighted by molar-refractivity contribution is 5.75. The van der Waals surface area contributed by atoms with Crippen molar-refractivity contribution in [2.75, 3.05) is 20.8 Å². The Balaban J connectivity index is 2.12. The van der Waals surface area contributed by atoms with E-state index in [1.54, 1.807) is 13.2 Å². The molecule has 0 fully saturated rings. The molecule has 1 heterocycles. The van der Waals surface area contributed by atoms with Gasteiger partial charge in [-0.25, -0.2) is 9.78 Å². The monoisotopic (exact) mass is 405 g/mol. The Bertz CT molecular complexity index is 821. The van der Waals surface area contributed by atoms with E-state index in [1.807, 2.05) is 26.0 Å². The zero-order valence-electron chi connectivity index (χ0n) is 18.3. The van der Waals surface area contributed by atoms with Gasteiger partial charge in [0.1, 0.15) is 29.6 Å². The molecule has 0 radical (unpaired) electrons. The number of carbonyl (C=O) groups excluding carboxylic acids is 1. The molecule has 0 saturated carbocycles. The van der Waals surface area contributed by atoms with Crippen LogP contribution in [0, 0.1) is 6.92 Å². The Morgan fingerprint density at radius 3 is 2.52 bits per heavy atom. The van der Waals surface area contributed by atoms with Gasteiger partial charge in [-0.05, 0) is 25.5 Å². The van der Waals surface area contributed by atoms with Crippen molar-refractivity contribution < 1.29 is 28.2 Å². The van der Waals surface area contributed by atoms with Crippen LogP contribution in [0.5, 0.6) is 11.5 Å². The fraction of sp³-hybridized carbons (Fsp3) is 0.545. The molecule has 7 nitrogen and oxygen atoms in total. The number of benzene rings is 1. The van der Waals surface area contributed by atoms with Crippen molar-refractivity contribution in [3.63, 3.8) is 0 Å².